The second kappa shape index (κ2) is 7.04. The van der Waals surface area contributed by atoms with E-state index in [0.717, 1.165) is 13.1 Å². The zero-order valence-electron chi connectivity index (χ0n) is 11.7. The number of amides is 1. The minimum atomic E-state index is -0.0896. The second-order valence-corrected chi connectivity index (χ2v) is 5.20. The molecule has 1 saturated heterocycles. The normalized spacial score (nSPS) is 17.9. The van der Waals surface area contributed by atoms with E-state index in [1.165, 1.54) is 12.8 Å². The summed E-state index contributed by atoms with van der Waals surface area (Å²) < 4.78 is 0. The van der Waals surface area contributed by atoms with Gasteiger partial charge in [-0.05, 0) is 38.6 Å². The Labute approximate surface area is 119 Å². The summed E-state index contributed by atoms with van der Waals surface area (Å²) in [6.45, 7) is 2.27. The van der Waals surface area contributed by atoms with Gasteiger partial charge in [-0.3, -0.25) is 9.69 Å². The molecule has 0 aliphatic carbocycles. The molecular weight excluding hydrogens is 252 g/mol. The monoisotopic (exact) mass is 272 g/mol. The number of rotatable bonds is 5. The van der Waals surface area contributed by atoms with Gasteiger partial charge in [0, 0.05) is 12.6 Å². The fourth-order valence-electron chi connectivity index (χ4n) is 2.48. The lowest BCUT2D eigenvalue weighted by Gasteiger charge is -2.20. The van der Waals surface area contributed by atoms with Gasteiger partial charge in [-0.15, -0.1) is 0 Å². The fraction of sp³-hybridized carbons (Fsp3) is 0.467. The van der Waals surface area contributed by atoms with Gasteiger partial charge < -0.3 is 10.6 Å². The lowest BCUT2D eigenvalue weighted by molar-refractivity contribution is -0.117. The van der Waals surface area contributed by atoms with E-state index in [0.29, 0.717) is 23.8 Å². The molecular formula is C15H20N4O. The van der Waals surface area contributed by atoms with E-state index in [1.807, 2.05) is 18.0 Å². The molecule has 5 heteroatoms. The predicted octanol–water partition coefficient (Wildman–Crippen LogP) is 1.18. The van der Waals surface area contributed by atoms with Crippen molar-refractivity contribution in [3.8, 4) is 6.07 Å². The smallest absolute Gasteiger partial charge is 0.238 e. The molecule has 0 radical (unpaired) electrons. The van der Waals surface area contributed by atoms with Crippen LogP contribution >= 0.6 is 0 Å². The van der Waals surface area contributed by atoms with E-state index in [1.54, 1.807) is 18.2 Å². The standard InChI is InChI=1S/C15H20N4O/c1-19(10-13-6-4-8-17-13)11-15(20)18-14-7-3-2-5-12(14)9-16/h2-3,5,7,13,17H,4,6,8,10-11H2,1H3,(H,18,20). The number of likely N-dealkylation sites (N-methyl/N-ethyl adjacent to an activating group) is 1. The minimum Gasteiger partial charge on any atom is -0.324 e. The number of carbonyl (C=O) groups excluding carboxylic acids is 1. The SMILES string of the molecule is CN(CC(=O)Nc1ccccc1C#N)CC1CCCN1. The molecule has 1 unspecified atom stereocenters. The van der Waals surface area contributed by atoms with Crippen molar-refractivity contribution >= 4 is 11.6 Å². The molecule has 1 aromatic carbocycles. The average molecular weight is 272 g/mol. The van der Waals surface area contributed by atoms with Gasteiger partial charge in [0.2, 0.25) is 5.91 Å². The Morgan fingerprint density at radius 3 is 3.05 bits per heavy atom. The molecule has 1 heterocycles. The molecule has 1 atom stereocenters. The lowest BCUT2D eigenvalue weighted by Crippen LogP contribution is -2.39. The van der Waals surface area contributed by atoms with Gasteiger partial charge >= 0.3 is 0 Å². The van der Waals surface area contributed by atoms with Gasteiger partial charge in [-0.2, -0.15) is 5.26 Å². The van der Waals surface area contributed by atoms with Crippen LogP contribution in [0.5, 0.6) is 0 Å². The topological polar surface area (TPSA) is 68.2 Å². The van der Waals surface area contributed by atoms with Crippen molar-refractivity contribution < 1.29 is 4.79 Å². The molecule has 1 aliphatic rings. The Morgan fingerprint density at radius 1 is 1.55 bits per heavy atom. The maximum atomic E-state index is 12.0. The van der Waals surface area contributed by atoms with Gasteiger partial charge in [0.15, 0.2) is 0 Å². The van der Waals surface area contributed by atoms with Crippen LogP contribution in [0.15, 0.2) is 24.3 Å². The maximum Gasteiger partial charge on any atom is 0.238 e. The number of nitrogens with one attached hydrogen (secondary N) is 2. The van der Waals surface area contributed by atoms with Crippen LogP contribution in [-0.4, -0.2) is 43.5 Å². The summed E-state index contributed by atoms with van der Waals surface area (Å²) in [5.74, 6) is -0.0896. The Balaban J connectivity index is 1.84. The summed E-state index contributed by atoms with van der Waals surface area (Å²) in [7, 11) is 1.94. The number of hydrogen-bond donors (Lipinski definition) is 2. The average Bonchev–Trinajstić information content (AvgIpc) is 2.91. The molecule has 106 valence electrons. The molecule has 2 N–H and O–H groups in total. The number of nitrogens with zero attached hydrogens (tertiary/aromatic N) is 2. The van der Waals surface area contributed by atoms with Crippen LogP contribution in [-0.2, 0) is 4.79 Å². The Bertz CT molecular complexity index is 503. The van der Waals surface area contributed by atoms with Crippen molar-refractivity contribution in [2.45, 2.75) is 18.9 Å². The highest BCUT2D eigenvalue weighted by atomic mass is 16.2. The van der Waals surface area contributed by atoms with E-state index in [4.69, 9.17) is 5.26 Å². The van der Waals surface area contributed by atoms with Crippen molar-refractivity contribution in [3.63, 3.8) is 0 Å². The van der Waals surface area contributed by atoms with Gasteiger partial charge in [0.05, 0.1) is 17.8 Å². The van der Waals surface area contributed by atoms with Crippen LogP contribution in [0.4, 0.5) is 5.69 Å². The molecule has 1 aliphatic heterocycles. The lowest BCUT2D eigenvalue weighted by atomic mass is 10.2. The van der Waals surface area contributed by atoms with Crippen LogP contribution in [0.25, 0.3) is 0 Å². The first-order valence-corrected chi connectivity index (χ1v) is 6.90. The highest BCUT2D eigenvalue weighted by molar-refractivity contribution is 5.93. The Hall–Kier alpha value is -1.90. The number of nitriles is 1. The molecule has 1 aromatic rings. The third-order valence-corrected chi connectivity index (χ3v) is 3.43. The van der Waals surface area contributed by atoms with Crippen molar-refractivity contribution in [1.29, 1.82) is 5.26 Å². The van der Waals surface area contributed by atoms with E-state index in [-0.39, 0.29) is 5.91 Å². The highest BCUT2D eigenvalue weighted by Gasteiger charge is 2.17. The molecule has 0 bridgehead atoms. The van der Waals surface area contributed by atoms with Crippen LogP contribution in [0.3, 0.4) is 0 Å². The van der Waals surface area contributed by atoms with E-state index in [2.05, 4.69) is 16.7 Å². The molecule has 0 spiro atoms. The summed E-state index contributed by atoms with van der Waals surface area (Å²) in [6, 6.07) is 9.59. The first-order valence-electron chi connectivity index (χ1n) is 6.90. The van der Waals surface area contributed by atoms with Crippen LogP contribution < -0.4 is 10.6 Å². The molecule has 0 saturated carbocycles. The Morgan fingerprint density at radius 2 is 2.35 bits per heavy atom. The summed E-state index contributed by atoms with van der Waals surface area (Å²) in [5.41, 5.74) is 1.06. The third kappa shape index (κ3) is 4.05. The van der Waals surface area contributed by atoms with E-state index < -0.39 is 0 Å². The van der Waals surface area contributed by atoms with Gasteiger partial charge in [0.1, 0.15) is 6.07 Å². The number of benzene rings is 1. The van der Waals surface area contributed by atoms with Gasteiger partial charge in [0.25, 0.3) is 0 Å². The zero-order chi connectivity index (χ0) is 14.4. The number of para-hydroxylation sites is 1. The zero-order valence-corrected chi connectivity index (χ0v) is 11.7. The first-order chi connectivity index (χ1) is 9.69. The molecule has 1 fully saturated rings. The van der Waals surface area contributed by atoms with E-state index in [9.17, 15) is 4.79 Å². The first kappa shape index (κ1) is 14.5. The predicted molar refractivity (Wildman–Crippen MR) is 78.3 cm³/mol. The molecule has 5 nitrogen and oxygen atoms in total. The summed E-state index contributed by atoms with van der Waals surface area (Å²) in [5, 5.41) is 15.2. The number of carbonyl (C=O) groups is 1. The van der Waals surface area contributed by atoms with Gasteiger partial charge in [-0.25, -0.2) is 0 Å². The van der Waals surface area contributed by atoms with Gasteiger partial charge in [-0.1, -0.05) is 12.1 Å². The summed E-state index contributed by atoms with van der Waals surface area (Å²) in [6.07, 6.45) is 2.38. The molecule has 0 aromatic heterocycles. The van der Waals surface area contributed by atoms with Crippen molar-refractivity contribution in [2.24, 2.45) is 0 Å². The molecule has 1 amide bonds. The van der Waals surface area contributed by atoms with Crippen LogP contribution in [0.2, 0.25) is 0 Å². The number of anilines is 1. The van der Waals surface area contributed by atoms with E-state index >= 15 is 0 Å². The largest absolute Gasteiger partial charge is 0.324 e. The fourth-order valence-corrected chi connectivity index (χ4v) is 2.48. The quantitative estimate of drug-likeness (QED) is 0.844. The summed E-state index contributed by atoms with van der Waals surface area (Å²) in [4.78, 5) is 14.0. The summed E-state index contributed by atoms with van der Waals surface area (Å²) >= 11 is 0. The maximum absolute atomic E-state index is 12.0. The van der Waals surface area contributed by atoms with Crippen LogP contribution in [0.1, 0.15) is 18.4 Å². The molecule has 2 rings (SSSR count). The van der Waals surface area contributed by atoms with Crippen molar-refractivity contribution in [1.82, 2.24) is 10.2 Å². The van der Waals surface area contributed by atoms with Crippen molar-refractivity contribution in [2.75, 3.05) is 32.0 Å². The molecule has 20 heavy (non-hydrogen) atoms. The van der Waals surface area contributed by atoms with Crippen LogP contribution in [0, 0.1) is 11.3 Å². The number of hydrogen-bond acceptors (Lipinski definition) is 4. The Kier molecular flexibility index (Phi) is 5.10. The highest BCUT2D eigenvalue weighted by Crippen LogP contribution is 2.13. The van der Waals surface area contributed by atoms with Crippen molar-refractivity contribution in [3.05, 3.63) is 29.8 Å². The second-order valence-electron chi connectivity index (χ2n) is 5.20. The third-order valence-electron chi connectivity index (χ3n) is 3.43. The minimum absolute atomic E-state index is 0.0896.